The van der Waals surface area contributed by atoms with Crippen molar-refractivity contribution in [1.29, 1.82) is 0 Å². The zero-order chi connectivity index (χ0) is 17.6. The van der Waals surface area contributed by atoms with Crippen molar-refractivity contribution in [1.82, 2.24) is 9.55 Å². The molecule has 0 radical (unpaired) electrons. The van der Waals surface area contributed by atoms with E-state index in [0.29, 0.717) is 24.0 Å². The molecule has 4 rings (SSSR count). The van der Waals surface area contributed by atoms with Crippen LogP contribution < -0.4 is 21.5 Å². The number of benzene rings is 1. The molecule has 1 aromatic heterocycles. The van der Waals surface area contributed by atoms with Gasteiger partial charge in [-0.2, -0.15) is 0 Å². The molecule has 1 saturated carbocycles. The number of nitrogens with one attached hydrogen (secondary N) is 3. The van der Waals surface area contributed by atoms with Crippen molar-refractivity contribution in [2.75, 3.05) is 12.0 Å². The number of fused-ring (bicyclic) bond motifs is 1. The summed E-state index contributed by atoms with van der Waals surface area (Å²) in [6.07, 6.45) is 5.00. The summed E-state index contributed by atoms with van der Waals surface area (Å²) in [7, 11) is 0. The van der Waals surface area contributed by atoms with Crippen LogP contribution in [0.2, 0.25) is 0 Å². The van der Waals surface area contributed by atoms with Gasteiger partial charge in [0.2, 0.25) is 0 Å². The third kappa shape index (κ3) is 2.70. The standard InChI is InChI=1S/C19H24N4O2/c1-12-6-5-9-16(13(12)2)23-17-15(18(24)21-19(23)25)10-22(11-20-17)14-7-3-4-8-14/h5-6,9,14,20H,3-4,7-8,10-11H2,1-2H3,(H,21,24,25)/p+1. The molecule has 2 aromatic rings. The molecule has 6 nitrogen and oxygen atoms in total. The maximum Gasteiger partial charge on any atom is 0.334 e. The molecule has 0 amide bonds. The number of aryl methyl sites for hydroxylation is 1. The summed E-state index contributed by atoms with van der Waals surface area (Å²) in [6, 6.07) is 6.52. The first kappa shape index (κ1) is 16.1. The van der Waals surface area contributed by atoms with Gasteiger partial charge in [0.05, 0.1) is 11.7 Å². The predicted molar refractivity (Wildman–Crippen MR) is 97.5 cm³/mol. The third-order valence-electron chi connectivity index (χ3n) is 5.84. The van der Waals surface area contributed by atoms with E-state index < -0.39 is 0 Å². The van der Waals surface area contributed by atoms with Crippen LogP contribution in [0, 0.1) is 13.8 Å². The second kappa shape index (κ2) is 6.19. The fraction of sp³-hybridized carbons (Fsp3) is 0.474. The maximum absolute atomic E-state index is 12.6. The lowest BCUT2D eigenvalue weighted by molar-refractivity contribution is -0.936. The van der Waals surface area contributed by atoms with Crippen molar-refractivity contribution in [3.05, 3.63) is 55.7 Å². The maximum atomic E-state index is 12.6. The van der Waals surface area contributed by atoms with Gasteiger partial charge in [-0.05, 0) is 56.7 Å². The molecule has 0 spiro atoms. The van der Waals surface area contributed by atoms with Gasteiger partial charge >= 0.3 is 5.69 Å². The average molecular weight is 341 g/mol. The Kier molecular flexibility index (Phi) is 4.00. The van der Waals surface area contributed by atoms with Crippen LogP contribution in [0.4, 0.5) is 5.82 Å². The molecule has 3 N–H and O–H groups in total. The number of aromatic nitrogens is 2. The van der Waals surface area contributed by atoms with E-state index >= 15 is 0 Å². The normalized spacial score (nSPS) is 20.3. The zero-order valence-corrected chi connectivity index (χ0v) is 14.8. The quantitative estimate of drug-likeness (QED) is 0.758. The van der Waals surface area contributed by atoms with E-state index in [4.69, 9.17) is 0 Å². The van der Waals surface area contributed by atoms with Gasteiger partial charge in [-0.25, -0.2) is 9.36 Å². The molecule has 2 heterocycles. The minimum Gasteiger partial charge on any atom is -0.324 e. The van der Waals surface area contributed by atoms with Gasteiger partial charge in [0.25, 0.3) is 5.56 Å². The van der Waals surface area contributed by atoms with E-state index in [1.54, 1.807) is 4.57 Å². The van der Waals surface area contributed by atoms with Crippen molar-refractivity contribution < 1.29 is 4.90 Å². The van der Waals surface area contributed by atoms with Crippen molar-refractivity contribution in [2.24, 2.45) is 0 Å². The fourth-order valence-corrected chi connectivity index (χ4v) is 4.24. The molecule has 132 valence electrons. The van der Waals surface area contributed by atoms with Crippen LogP contribution >= 0.6 is 0 Å². The van der Waals surface area contributed by atoms with Gasteiger partial charge < -0.3 is 10.2 Å². The van der Waals surface area contributed by atoms with E-state index in [9.17, 15) is 9.59 Å². The highest BCUT2D eigenvalue weighted by Gasteiger charge is 2.32. The third-order valence-corrected chi connectivity index (χ3v) is 5.84. The second-order valence-electron chi connectivity index (χ2n) is 7.31. The molecule has 1 fully saturated rings. The number of rotatable bonds is 2. The van der Waals surface area contributed by atoms with Crippen LogP contribution in [0.3, 0.4) is 0 Å². The number of hydrogen-bond donors (Lipinski definition) is 3. The minimum atomic E-state index is -0.380. The first-order valence-electron chi connectivity index (χ1n) is 9.09. The van der Waals surface area contributed by atoms with E-state index in [1.807, 2.05) is 32.0 Å². The van der Waals surface area contributed by atoms with E-state index in [1.165, 1.54) is 30.6 Å². The molecule has 1 aromatic carbocycles. The van der Waals surface area contributed by atoms with Crippen molar-refractivity contribution >= 4 is 5.82 Å². The Labute approximate surface area is 146 Å². The summed E-state index contributed by atoms with van der Waals surface area (Å²) in [5.41, 5.74) is 3.05. The Morgan fingerprint density at radius 3 is 2.68 bits per heavy atom. The SMILES string of the molecule is Cc1cccc(-n2c3c(c(=O)[nH]c2=O)C[NH+](C2CCCC2)CN3)c1C. The lowest BCUT2D eigenvalue weighted by Gasteiger charge is -2.32. The molecule has 25 heavy (non-hydrogen) atoms. The molecular formula is C19H25N4O2+. The van der Waals surface area contributed by atoms with Gasteiger partial charge in [0.15, 0.2) is 6.67 Å². The highest BCUT2D eigenvalue weighted by atomic mass is 16.2. The molecule has 2 aliphatic rings. The number of quaternary nitrogens is 1. The van der Waals surface area contributed by atoms with Crippen LogP contribution in [-0.2, 0) is 6.54 Å². The number of aromatic amines is 1. The Morgan fingerprint density at radius 2 is 1.92 bits per heavy atom. The Morgan fingerprint density at radius 1 is 1.16 bits per heavy atom. The van der Waals surface area contributed by atoms with E-state index in [0.717, 1.165) is 23.5 Å². The lowest BCUT2D eigenvalue weighted by atomic mass is 10.1. The number of H-pyrrole nitrogens is 1. The summed E-state index contributed by atoms with van der Waals surface area (Å²) in [5, 5.41) is 3.39. The average Bonchev–Trinajstić information content (AvgIpc) is 3.13. The van der Waals surface area contributed by atoms with Crippen LogP contribution in [0.15, 0.2) is 27.8 Å². The monoisotopic (exact) mass is 341 g/mol. The number of hydrogen-bond acceptors (Lipinski definition) is 3. The summed E-state index contributed by atoms with van der Waals surface area (Å²) >= 11 is 0. The summed E-state index contributed by atoms with van der Waals surface area (Å²) in [4.78, 5) is 29.0. The molecule has 1 aliphatic heterocycles. The van der Waals surface area contributed by atoms with Gasteiger partial charge in [-0.15, -0.1) is 0 Å². The Hall–Kier alpha value is -2.34. The lowest BCUT2D eigenvalue weighted by Crippen LogP contribution is -3.16. The molecular weight excluding hydrogens is 316 g/mol. The van der Waals surface area contributed by atoms with Crippen molar-refractivity contribution in [3.8, 4) is 5.69 Å². The Bertz CT molecular complexity index is 922. The van der Waals surface area contributed by atoms with Crippen molar-refractivity contribution in [2.45, 2.75) is 52.1 Å². The highest BCUT2D eigenvalue weighted by molar-refractivity contribution is 5.54. The number of anilines is 1. The first-order chi connectivity index (χ1) is 12.1. The van der Waals surface area contributed by atoms with Gasteiger partial charge in [0.1, 0.15) is 17.9 Å². The molecule has 1 unspecified atom stereocenters. The topological polar surface area (TPSA) is 71.3 Å². The summed E-state index contributed by atoms with van der Waals surface area (Å²) < 4.78 is 1.63. The zero-order valence-electron chi connectivity index (χ0n) is 14.8. The molecule has 1 atom stereocenters. The van der Waals surface area contributed by atoms with Crippen molar-refractivity contribution in [3.63, 3.8) is 0 Å². The smallest absolute Gasteiger partial charge is 0.324 e. The van der Waals surface area contributed by atoms with Gasteiger partial charge in [-0.1, -0.05) is 12.1 Å². The molecule has 6 heteroatoms. The molecule has 1 aliphatic carbocycles. The van der Waals surface area contributed by atoms with E-state index in [-0.39, 0.29) is 11.2 Å². The minimum absolute atomic E-state index is 0.260. The second-order valence-corrected chi connectivity index (χ2v) is 7.31. The molecule has 0 saturated heterocycles. The number of nitrogens with zero attached hydrogens (tertiary/aromatic N) is 1. The van der Waals surface area contributed by atoms with Crippen LogP contribution in [0.25, 0.3) is 5.69 Å². The van der Waals surface area contributed by atoms with Crippen LogP contribution in [0.5, 0.6) is 0 Å². The van der Waals surface area contributed by atoms with Gasteiger partial charge in [0, 0.05) is 0 Å². The first-order valence-corrected chi connectivity index (χ1v) is 9.09. The van der Waals surface area contributed by atoms with Crippen LogP contribution in [-0.4, -0.2) is 22.3 Å². The van der Waals surface area contributed by atoms with Gasteiger partial charge in [-0.3, -0.25) is 9.78 Å². The largest absolute Gasteiger partial charge is 0.334 e. The molecule has 0 bridgehead atoms. The van der Waals surface area contributed by atoms with Crippen LogP contribution in [0.1, 0.15) is 42.4 Å². The summed E-state index contributed by atoms with van der Waals surface area (Å²) in [5.74, 6) is 0.657. The highest BCUT2D eigenvalue weighted by Crippen LogP contribution is 2.22. The van der Waals surface area contributed by atoms with E-state index in [2.05, 4.69) is 10.3 Å². The Balaban J connectivity index is 1.83. The predicted octanol–water partition coefficient (Wildman–Crippen LogP) is 0.853. The fourth-order valence-electron chi connectivity index (χ4n) is 4.24. The summed E-state index contributed by atoms with van der Waals surface area (Å²) in [6.45, 7) is 5.47.